The van der Waals surface area contributed by atoms with Gasteiger partial charge in [0.05, 0.1) is 13.7 Å². The van der Waals surface area contributed by atoms with Crippen molar-refractivity contribution in [3.8, 4) is 5.75 Å². The van der Waals surface area contributed by atoms with Crippen molar-refractivity contribution in [3.05, 3.63) is 29.3 Å². The summed E-state index contributed by atoms with van der Waals surface area (Å²) in [6.07, 6.45) is 1.96. The maximum Gasteiger partial charge on any atom is 0.339 e. The van der Waals surface area contributed by atoms with E-state index in [0.29, 0.717) is 12.1 Å². The number of aromatic carboxylic acids is 1. The van der Waals surface area contributed by atoms with Gasteiger partial charge in [-0.1, -0.05) is 13.8 Å². The zero-order valence-electron chi connectivity index (χ0n) is 12.9. The summed E-state index contributed by atoms with van der Waals surface area (Å²) in [5, 5.41) is 9.15. The molecule has 0 saturated heterocycles. The minimum Gasteiger partial charge on any atom is -0.496 e. The third kappa shape index (κ3) is 4.86. The molecule has 5 heteroatoms. The van der Waals surface area contributed by atoms with Gasteiger partial charge in [0, 0.05) is 5.56 Å². The number of carboxylic acid groups (broad SMARTS) is 1. The quantitative estimate of drug-likeness (QED) is 0.709. The number of benzene rings is 1. The number of rotatable bonds is 9. The highest BCUT2D eigenvalue weighted by atomic mass is 16.5. The van der Waals surface area contributed by atoms with Gasteiger partial charge in [-0.2, -0.15) is 0 Å². The average molecular weight is 293 g/mol. The molecule has 1 aromatic rings. The van der Waals surface area contributed by atoms with Crippen molar-refractivity contribution in [1.82, 2.24) is 4.90 Å². The van der Waals surface area contributed by atoms with Gasteiger partial charge in [0.15, 0.2) is 5.78 Å². The molecule has 21 heavy (non-hydrogen) atoms. The molecule has 0 heterocycles. The van der Waals surface area contributed by atoms with E-state index in [4.69, 9.17) is 9.84 Å². The third-order valence-electron chi connectivity index (χ3n) is 3.20. The molecule has 0 fully saturated rings. The Morgan fingerprint density at radius 3 is 2.29 bits per heavy atom. The summed E-state index contributed by atoms with van der Waals surface area (Å²) in [6.45, 7) is 6.18. The van der Waals surface area contributed by atoms with Crippen molar-refractivity contribution in [3.63, 3.8) is 0 Å². The van der Waals surface area contributed by atoms with Crippen molar-refractivity contribution in [2.45, 2.75) is 26.7 Å². The van der Waals surface area contributed by atoms with E-state index in [-0.39, 0.29) is 17.1 Å². The molecular formula is C16H23NO4. The van der Waals surface area contributed by atoms with Crippen LogP contribution in [0.25, 0.3) is 0 Å². The van der Waals surface area contributed by atoms with Crippen LogP contribution in [0.1, 0.15) is 47.4 Å². The van der Waals surface area contributed by atoms with Gasteiger partial charge in [0.25, 0.3) is 0 Å². The summed E-state index contributed by atoms with van der Waals surface area (Å²) in [5.41, 5.74) is 0.422. The monoisotopic (exact) mass is 293 g/mol. The van der Waals surface area contributed by atoms with Crippen LogP contribution in [0.2, 0.25) is 0 Å². The molecule has 0 aliphatic heterocycles. The molecule has 116 valence electrons. The molecule has 0 bridgehead atoms. The minimum absolute atomic E-state index is 0.0147. The van der Waals surface area contributed by atoms with E-state index >= 15 is 0 Å². The standard InChI is InChI=1S/C16H23NO4/c1-4-8-17(9-5-2)11-14(18)12-6-7-15(21-3)13(10-12)16(19)20/h6-7,10H,4-5,8-9,11H2,1-3H3,(H,19,20). The molecule has 0 aliphatic rings. The van der Waals surface area contributed by atoms with Gasteiger partial charge in [-0.15, -0.1) is 0 Å². The highest BCUT2D eigenvalue weighted by molar-refractivity contribution is 6.01. The van der Waals surface area contributed by atoms with Crippen LogP contribution in [0.15, 0.2) is 18.2 Å². The van der Waals surface area contributed by atoms with Crippen LogP contribution in [0, 0.1) is 0 Å². The topological polar surface area (TPSA) is 66.8 Å². The number of hydrogen-bond donors (Lipinski definition) is 1. The second-order valence-electron chi connectivity index (χ2n) is 4.92. The Labute approximate surface area is 125 Å². The number of carbonyl (C=O) groups is 2. The maximum absolute atomic E-state index is 12.3. The van der Waals surface area contributed by atoms with Gasteiger partial charge in [0.1, 0.15) is 11.3 Å². The molecule has 1 aromatic carbocycles. The first-order valence-electron chi connectivity index (χ1n) is 7.20. The minimum atomic E-state index is -1.10. The number of methoxy groups -OCH3 is 1. The molecule has 0 aliphatic carbocycles. The van der Waals surface area contributed by atoms with E-state index in [1.165, 1.54) is 19.2 Å². The van der Waals surface area contributed by atoms with Crippen molar-refractivity contribution in [2.24, 2.45) is 0 Å². The zero-order chi connectivity index (χ0) is 15.8. The number of carbonyl (C=O) groups excluding carboxylic acids is 1. The van der Waals surface area contributed by atoms with E-state index in [0.717, 1.165) is 25.9 Å². The van der Waals surface area contributed by atoms with Gasteiger partial charge < -0.3 is 9.84 Å². The fourth-order valence-corrected chi connectivity index (χ4v) is 2.25. The van der Waals surface area contributed by atoms with Crippen LogP contribution in [-0.2, 0) is 0 Å². The highest BCUT2D eigenvalue weighted by Gasteiger charge is 2.16. The summed E-state index contributed by atoms with van der Waals surface area (Å²) in [4.78, 5) is 25.6. The Morgan fingerprint density at radius 2 is 1.81 bits per heavy atom. The van der Waals surface area contributed by atoms with Gasteiger partial charge in [-0.05, 0) is 44.1 Å². The Hall–Kier alpha value is -1.88. The number of Topliss-reactive ketones (excluding diaryl/α,β-unsaturated/α-hetero) is 1. The Morgan fingerprint density at radius 1 is 1.19 bits per heavy atom. The molecule has 1 rings (SSSR count). The van der Waals surface area contributed by atoms with E-state index in [1.54, 1.807) is 6.07 Å². The summed E-state index contributed by atoms with van der Waals surface area (Å²) in [7, 11) is 1.41. The lowest BCUT2D eigenvalue weighted by Gasteiger charge is -2.20. The molecule has 0 atom stereocenters. The van der Waals surface area contributed by atoms with Crippen LogP contribution in [0.4, 0.5) is 0 Å². The molecule has 0 spiro atoms. The number of carboxylic acids is 1. The molecule has 5 nitrogen and oxygen atoms in total. The van der Waals surface area contributed by atoms with E-state index in [1.807, 2.05) is 0 Å². The molecule has 1 N–H and O–H groups in total. The summed E-state index contributed by atoms with van der Waals surface area (Å²) < 4.78 is 5.00. The average Bonchev–Trinajstić information content (AvgIpc) is 2.46. The summed E-state index contributed by atoms with van der Waals surface area (Å²) in [5.74, 6) is -0.902. The lowest BCUT2D eigenvalue weighted by molar-refractivity contribution is 0.0693. The third-order valence-corrected chi connectivity index (χ3v) is 3.20. The SMILES string of the molecule is CCCN(CCC)CC(=O)c1ccc(OC)c(C(=O)O)c1. The maximum atomic E-state index is 12.3. The largest absolute Gasteiger partial charge is 0.496 e. The van der Waals surface area contributed by atoms with Crippen molar-refractivity contribution in [2.75, 3.05) is 26.7 Å². The lowest BCUT2D eigenvalue weighted by Crippen LogP contribution is -2.31. The van der Waals surface area contributed by atoms with Crippen LogP contribution < -0.4 is 4.74 Å². The van der Waals surface area contributed by atoms with Gasteiger partial charge in [-0.3, -0.25) is 9.69 Å². The number of nitrogens with zero attached hydrogens (tertiary/aromatic N) is 1. The number of hydrogen-bond acceptors (Lipinski definition) is 4. The molecule has 0 unspecified atom stereocenters. The van der Waals surface area contributed by atoms with Crippen LogP contribution in [-0.4, -0.2) is 48.5 Å². The predicted molar refractivity (Wildman–Crippen MR) is 81.3 cm³/mol. The molecule has 0 saturated carbocycles. The van der Waals surface area contributed by atoms with Crippen molar-refractivity contribution < 1.29 is 19.4 Å². The summed E-state index contributed by atoms with van der Waals surface area (Å²) in [6, 6.07) is 4.53. The van der Waals surface area contributed by atoms with E-state index < -0.39 is 5.97 Å². The van der Waals surface area contributed by atoms with Gasteiger partial charge in [0.2, 0.25) is 0 Å². The Kier molecular flexibility index (Phi) is 6.88. The second-order valence-corrected chi connectivity index (χ2v) is 4.92. The van der Waals surface area contributed by atoms with Crippen molar-refractivity contribution >= 4 is 11.8 Å². The highest BCUT2D eigenvalue weighted by Crippen LogP contribution is 2.20. The van der Waals surface area contributed by atoms with Crippen LogP contribution in [0.3, 0.4) is 0 Å². The first kappa shape index (κ1) is 17.2. The molecular weight excluding hydrogens is 270 g/mol. The molecule has 0 radical (unpaired) electrons. The normalized spacial score (nSPS) is 10.7. The Balaban J connectivity index is 2.91. The number of ketones is 1. The summed E-state index contributed by atoms with van der Waals surface area (Å²) >= 11 is 0. The van der Waals surface area contributed by atoms with Gasteiger partial charge >= 0.3 is 5.97 Å². The zero-order valence-corrected chi connectivity index (χ0v) is 12.9. The first-order chi connectivity index (χ1) is 10.0. The van der Waals surface area contributed by atoms with E-state index in [9.17, 15) is 9.59 Å². The van der Waals surface area contributed by atoms with Crippen molar-refractivity contribution in [1.29, 1.82) is 0 Å². The van der Waals surface area contributed by atoms with Crippen LogP contribution >= 0.6 is 0 Å². The predicted octanol–water partition coefficient (Wildman–Crippen LogP) is 2.70. The second kappa shape index (κ2) is 8.42. The molecule has 0 amide bonds. The smallest absolute Gasteiger partial charge is 0.339 e. The first-order valence-corrected chi connectivity index (χ1v) is 7.20. The fourth-order valence-electron chi connectivity index (χ4n) is 2.25. The molecule has 0 aromatic heterocycles. The Bertz CT molecular complexity index is 493. The van der Waals surface area contributed by atoms with Crippen LogP contribution in [0.5, 0.6) is 5.75 Å². The fraction of sp³-hybridized carbons (Fsp3) is 0.500. The lowest BCUT2D eigenvalue weighted by atomic mass is 10.1. The van der Waals surface area contributed by atoms with E-state index in [2.05, 4.69) is 18.7 Å². The van der Waals surface area contributed by atoms with Gasteiger partial charge in [-0.25, -0.2) is 4.79 Å². The number of ether oxygens (including phenoxy) is 1.